The van der Waals surface area contributed by atoms with Crippen LogP contribution in [0.3, 0.4) is 0 Å². The lowest BCUT2D eigenvalue weighted by Gasteiger charge is -2.14. The minimum Gasteiger partial charge on any atom is -0.504 e. The van der Waals surface area contributed by atoms with Crippen LogP contribution in [-0.2, 0) is 12.8 Å². The topological polar surface area (TPSA) is 134 Å². The van der Waals surface area contributed by atoms with Gasteiger partial charge >= 0.3 is 0 Å². The molecule has 32 heavy (non-hydrogen) atoms. The fourth-order valence-corrected chi connectivity index (χ4v) is 3.26. The number of hydrogen-bond donors (Lipinski definition) is 4. The normalized spacial score (nSPS) is 10.6. The third kappa shape index (κ3) is 4.59. The van der Waals surface area contributed by atoms with Gasteiger partial charge < -0.3 is 29.9 Å². The highest BCUT2D eigenvalue weighted by molar-refractivity contribution is 6.49. The molecule has 0 saturated heterocycles. The van der Waals surface area contributed by atoms with Crippen molar-refractivity contribution in [3.63, 3.8) is 0 Å². The van der Waals surface area contributed by atoms with E-state index < -0.39 is 23.1 Å². The molecule has 0 amide bonds. The molecule has 8 nitrogen and oxygen atoms in total. The monoisotopic (exact) mass is 438 g/mol. The zero-order valence-electron chi connectivity index (χ0n) is 17.5. The molecule has 0 bridgehead atoms. The molecule has 0 unspecified atom stereocenters. The van der Waals surface area contributed by atoms with Gasteiger partial charge in [0.05, 0.1) is 19.8 Å². The lowest BCUT2D eigenvalue weighted by Crippen LogP contribution is -2.16. The number of ketones is 2. The van der Waals surface area contributed by atoms with E-state index >= 15 is 0 Å². The Morgan fingerprint density at radius 1 is 0.688 bits per heavy atom. The molecule has 3 rings (SSSR count). The minimum atomic E-state index is -0.877. The number of rotatable bonds is 8. The Morgan fingerprint density at radius 3 is 1.91 bits per heavy atom. The first-order chi connectivity index (χ1) is 15.2. The van der Waals surface area contributed by atoms with Gasteiger partial charge in [0.1, 0.15) is 11.5 Å². The number of phenolic OH excluding ortho intramolecular Hbond substituents is 4. The van der Waals surface area contributed by atoms with Crippen LogP contribution in [0.4, 0.5) is 0 Å². The number of methoxy groups -OCH3 is 2. The van der Waals surface area contributed by atoms with Crippen LogP contribution in [0, 0.1) is 0 Å². The van der Waals surface area contributed by atoms with Gasteiger partial charge in [-0.3, -0.25) is 9.59 Å². The molecule has 0 fully saturated rings. The van der Waals surface area contributed by atoms with Crippen molar-refractivity contribution in [2.45, 2.75) is 12.8 Å². The third-order valence-electron chi connectivity index (χ3n) is 5.01. The first-order valence-electron chi connectivity index (χ1n) is 9.62. The molecular formula is C24H22O8. The van der Waals surface area contributed by atoms with E-state index in [1.807, 2.05) is 0 Å². The summed E-state index contributed by atoms with van der Waals surface area (Å²) in [6.07, 6.45) is 0.871. The standard InChI is InChI=1S/C24H22O8/c1-31-21-12-22(32-2)16(24(30)23(29)15-6-8-18(26)20(28)11-15)10-14(21)5-3-13-4-7-17(25)19(27)9-13/h4,6-12,25-28H,3,5H2,1-2H3. The summed E-state index contributed by atoms with van der Waals surface area (Å²) in [7, 11) is 2.83. The van der Waals surface area contributed by atoms with Gasteiger partial charge in [0, 0.05) is 11.6 Å². The summed E-state index contributed by atoms with van der Waals surface area (Å²) in [6, 6.07) is 10.9. The summed E-state index contributed by atoms with van der Waals surface area (Å²) < 4.78 is 10.7. The zero-order valence-corrected chi connectivity index (χ0v) is 17.5. The first-order valence-corrected chi connectivity index (χ1v) is 9.62. The Labute approximate surface area is 183 Å². The van der Waals surface area contributed by atoms with Gasteiger partial charge in [-0.25, -0.2) is 0 Å². The molecular weight excluding hydrogens is 416 g/mol. The molecule has 0 aliphatic rings. The molecule has 3 aromatic carbocycles. The van der Waals surface area contributed by atoms with Crippen molar-refractivity contribution < 1.29 is 39.5 Å². The maximum atomic E-state index is 13.0. The Bertz CT molecular complexity index is 1180. The predicted octanol–water partition coefficient (Wildman–Crippen LogP) is 3.38. The predicted molar refractivity (Wildman–Crippen MR) is 115 cm³/mol. The highest BCUT2D eigenvalue weighted by Gasteiger charge is 2.25. The Balaban J connectivity index is 1.94. The van der Waals surface area contributed by atoms with Crippen LogP contribution in [0.5, 0.6) is 34.5 Å². The van der Waals surface area contributed by atoms with Gasteiger partial charge in [0.25, 0.3) is 0 Å². The first kappa shape index (κ1) is 22.5. The molecule has 0 aliphatic heterocycles. The largest absolute Gasteiger partial charge is 0.504 e. The van der Waals surface area contributed by atoms with Gasteiger partial charge in [-0.05, 0) is 60.4 Å². The maximum Gasteiger partial charge on any atom is 0.237 e. The van der Waals surface area contributed by atoms with Crippen molar-refractivity contribution in [2.75, 3.05) is 14.2 Å². The molecule has 0 saturated carbocycles. The number of Topliss-reactive ketones (excluding diaryl/α,β-unsaturated/α-hetero) is 2. The molecule has 8 heteroatoms. The van der Waals surface area contributed by atoms with E-state index in [0.717, 1.165) is 17.7 Å². The average Bonchev–Trinajstić information content (AvgIpc) is 2.80. The second-order valence-corrected chi connectivity index (χ2v) is 7.05. The SMILES string of the molecule is COc1cc(OC)c(C(=O)C(=O)c2ccc(O)c(O)c2)cc1CCc1ccc(O)c(O)c1. The van der Waals surface area contributed by atoms with E-state index in [1.54, 1.807) is 6.07 Å². The fourth-order valence-electron chi connectivity index (χ4n) is 3.26. The van der Waals surface area contributed by atoms with Crippen LogP contribution in [0.2, 0.25) is 0 Å². The Kier molecular flexibility index (Phi) is 6.53. The fraction of sp³-hybridized carbons (Fsp3) is 0.167. The molecule has 0 radical (unpaired) electrons. The number of aromatic hydroxyl groups is 4. The summed E-state index contributed by atoms with van der Waals surface area (Å²) in [4.78, 5) is 25.7. The summed E-state index contributed by atoms with van der Waals surface area (Å²) in [5, 5.41) is 38.2. The number of hydrogen-bond acceptors (Lipinski definition) is 8. The van der Waals surface area contributed by atoms with Crippen molar-refractivity contribution in [2.24, 2.45) is 0 Å². The van der Waals surface area contributed by atoms with Crippen molar-refractivity contribution in [1.29, 1.82) is 0 Å². The van der Waals surface area contributed by atoms with Crippen LogP contribution >= 0.6 is 0 Å². The molecule has 0 heterocycles. The van der Waals surface area contributed by atoms with Crippen molar-refractivity contribution in [3.05, 3.63) is 70.8 Å². The van der Waals surface area contributed by atoms with Gasteiger partial charge in [-0.1, -0.05) is 6.07 Å². The van der Waals surface area contributed by atoms with Crippen LogP contribution in [0.15, 0.2) is 48.5 Å². The molecule has 0 aliphatic carbocycles. The second kappa shape index (κ2) is 9.30. The van der Waals surface area contributed by atoms with E-state index in [0.29, 0.717) is 24.2 Å². The molecule has 0 spiro atoms. The number of carbonyl (C=O) groups is 2. The van der Waals surface area contributed by atoms with Crippen molar-refractivity contribution in [3.8, 4) is 34.5 Å². The third-order valence-corrected chi connectivity index (χ3v) is 5.01. The summed E-state index contributed by atoms with van der Waals surface area (Å²) in [5.41, 5.74) is 1.32. The van der Waals surface area contributed by atoms with Gasteiger partial charge in [0.15, 0.2) is 23.0 Å². The number of benzene rings is 3. The number of carbonyl (C=O) groups excluding carboxylic acids is 2. The molecule has 4 N–H and O–H groups in total. The van der Waals surface area contributed by atoms with Crippen LogP contribution in [0.25, 0.3) is 0 Å². The van der Waals surface area contributed by atoms with E-state index in [4.69, 9.17) is 9.47 Å². The Morgan fingerprint density at radius 2 is 1.31 bits per heavy atom. The minimum absolute atomic E-state index is 0.0226. The lowest BCUT2D eigenvalue weighted by molar-refractivity contribution is 0.0814. The highest BCUT2D eigenvalue weighted by atomic mass is 16.5. The maximum absolute atomic E-state index is 13.0. The molecule has 0 aromatic heterocycles. The molecule has 166 valence electrons. The summed E-state index contributed by atoms with van der Waals surface area (Å²) >= 11 is 0. The van der Waals surface area contributed by atoms with Crippen LogP contribution in [0.1, 0.15) is 31.8 Å². The van der Waals surface area contributed by atoms with Gasteiger partial charge in [-0.2, -0.15) is 0 Å². The summed E-state index contributed by atoms with van der Waals surface area (Å²) in [5.74, 6) is -2.49. The smallest absolute Gasteiger partial charge is 0.237 e. The number of phenols is 4. The number of ether oxygens (including phenoxy) is 2. The van der Waals surface area contributed by atoms with Crippen molar-refractivity contribution >= 4 is 11.6 Å². The van der Waals surface area contributed by atoms with Crippen LogP contribution < -0.4 is 9.47 Å². The lowest BCUT2D eigenvalue weighted by atomic mass is 9.96. The molecule has 0 atom stereocenters. The van der Waals surface area contributed by atoms with Crippen molar-refractivity contribution in [1.82, 2.24) is 0 Å². The average molecular weight is 438 g/mol. The highest BCUT2D eigenvalue weighted by Crippen LogP contribution is 2.33. The molecule has 3 aromatic rings. The zero-order chi connectivity index (χ0) is 23.4. The van der Waals surface area contributed by atoms with Gasteiger partial charge in [0.2, 0.25) is 11.6 Å². The second-order valence-electron chi connectivity index (χ2n) is 7.05. The van der Waals surface area contributed by atoms with E-state index in [1.165, 1.54) is 44.6 Å². The number of aryl methyl sites for hydroxylation is 2. The van der Waals surface area contributed by atoms with Gasteiger partial charge in [-0.15, -0.1) is 0 Å². The summed E-state index contributed by atoms with van der Waals surface area (Å²) in [6.45, 7) is 0. The van der Waals surface area contributed by atoms with Crippen LogP contribution in [-0.4, -0.2) is 46.2 Å². The van der Waals surface area contributed by atoms with E-state index in [9.17, 15) is 30.0 Å². The quantitative estimate of drug-likeness (QED) is 0.239. The Hall–Kier alpha value is -4.20. The van der Waals surface area contributed by atoms with E-state index in [-0.39, 0.29) is 28.4 Å². The van der Waals surface area contributed by atoms with E-state index in [2.05, 4.69) is 0 Å².